The molecule has 1 amide bonds. The van der Waals surface area contributed by atoms with Crippen LogP contribution in [0.25, 0.3) is 0 Å². The summed E-state index contributed by atoms with van der Waals surface area (Å²) >= 11 is 3.28. The van der Waals surface area contributed by atoms with Gasteiger partial charge >= 0.3 is 6.09 Å². The van der Waals surface area contributed by atoms with Gasteiger partial charge in [-0.25, -0.2) is 13.2 Å². The topological polar surface area (TPSA) is 75.7 Å². The van der Waals surface area contributed by atoms with Crippen molar-refractivity contribution in [1.82, 2.24) is 5.32 Å². The monoisotopic (exact) mass is 350 g/mol. The van der Waals surface area contributed by atoms with E-state index >= 15 is 0 Å². The van der Waals surface area contributed by atoms with Gasteiger partial charge in [0.05, 0.1) is 25.6 Å². The lowest BCUT2D eigenvalue weighted by Gasteiger charge is -2.22. The predicted octanol–water partition coefficient (Wildman–Crippen LogP) is 1.57. The van der Waals surface area contributed by atoms with Crippen LogP contribution in [0, 0.1) is 0 Å². The zero-order chi connectivity index (χ0) is 14.5. The molecule has 0 heterocycles. The summed E-state index contributed by atoms with van der Waals surface area (Å²) in [4.78, 5) is 10.9. The molecule has 1 aromatic rings. The van der Waals surface area contributed by atoms with E-state index in [1.807, 2.05) is 0 Å². The Morgan fingerprint density at radius 3 is 2.42 bits per heavy atom. The van der Waals surface area contributed by atoms with Crippen molar-refractivity contribution < 1.29 is 17.9 Å². The van der Waals surface area contributed by atoms with E-state index < -0.39 is 16.1 Å². The molecule has 1 rings (SSSR count). The second kappa shape index (κ2) is 6.76. The SMILES string of the molecule is COC(=O)NCCN(c1ccc(Br)cc1)S(C)(=O)=O. The summed E-state index contributed by atoms with van der Waals surface area (Å²) in [6, 6.07) is 6.87. The fraction of sp³-hybridized carbons (Fsp3) is 0.364. The maximum atomic E-state index is 11.7. The number of halogens is 1. The van der Waals surface area contributed by atoms with Gasteiger partial charge in [-0.1, -0.05) is 15.9 Å². The highest BCUT2D eigenvalue weighted by Crippen LogP contribution is 2.20. The van der Waals surface area contributed by atoms with E-state index in [1.54, 1.807) is 24.3 Å². The van der Waals surface area contributed by atoms with Crippen LogP contribution in [0.4, 0.5) is 10.5 Å². The molecule has 0 saturated carbocycles. The van der Waals surface area contributed by atoms with Crippen LogP contribution in [0.2, 0.25) is 0 Å². The molecule has 6 nitrogen and oxygen atoms in total. The van der Waals surface area contributed by atoms with Gasteiger partial charge in [-0.2, -0.15) is 0 Å². The number of alkyl carbamates (subject to hydrolysis) is 1. The van der Waals surface area contributed by atoms with E-state index in [9.17, 15) is 13.2 Å². The van der Waals surface area contributed by atoms with Crippen molar-refractivity contribution in [2.75, 3.05) is 30.8 Å². The van der Waals surface area contributed by atoms with Crippen LogP contribution in [-0.2, 0) is 14.8 Å². The number of benzene rings is 1. The molecule has 1 aromatic carbocycles. The average molecular weight is 351 g/mol. The molecule has 0 bridgehead atoms. The number of nitrogens with one attached hydrogen (secondary N) is 1. The second-order valence-electron chi connectivity index (χ2n) is 3.73. The highest BCUT2D eigenvalue weighted by molar-refractivity contribution is 9.10. The van der Waals surface area contributed by atoms with Gasteiger partial charge in [0.25, 0.3) is 0 Å². The lowest BCUT2D eigenvalue weighted by Crippen LogP contribution is -2.38. The molecule has 0 saturated heterocycles. The van der Waals surface area contributed by atoms with Gasteiger partial charge in [0.15, 0.2) is 0 Å². The molecule has 0 aromatic heterocycles. The van der Waals surface area contributed by atoms with Crippen molar-refractivity contribution in [3.05, 3.63) is 28.7 Å². The lowest BCUT2D eigenvalue weighted by atomic mass is 10.3. The van der Waals surface area contributed by atoms with Crippen LogP contribution in [0.5, 0.6) is 0 Å². The van der Waals surface area contributed by atoms with Crippen molar-refractivity contribution in [2.45, 2.75) is 0 Å². The van der Waals surface area contributed by atoms with E-state index in [2.05, 4.69) is 26.0 Å². The van der Waals surface area contributed by atoms with Crippen molar-refractivity contribution in [3.8, 4) is 0 Å². The minimum atomic E-state index is -3.41. The van der Waals surface area contributed by atoms with Gasteiger partial charge < -0.3 is 10.1 Å². The van der Waals surface area contributed by atoms with Crippen molar-refractivity contribution in [1.29, 1.82) is 0 Å². The van der Waals surface area contributed by atoms with E-state index in [-0.39, 0.29) is 13.1 Å². The number of carbonyl (C=O) groups is 1. The Kier molecular flexibility index (Phi) is 5.61. The van der Waals surface area contributed by atoms with Crippen LogP contribution in [-0.4, -0.2) is 41.0 Å². The Bertz CT molecular complexity index is 530. The van der Waals surface area contributed by atoms with Gasteiger partial charge in [-0.3, -0.25) is 4.31 Å². The summed E-state index contributed by atoms with van der Waals surface area (Å²) in [6.45, 7) is 0.297. The minimum Gasteiger partial charge on any atom is -0.453 e. The molecule has 0 atom stereocenters. The van der Waals surface area contributed by atoms with Crippen molar-refractivity contribution in [2.24, 2.45) is 0 Å². The Labute approximate surface area is 120 Å². The van der Waals surface area contributed by atoms with Crippen LogP contribution >= 0.6 is 15.9 Å². The van der Waals surface area contributed by atoms with Gasteiger partial charge in [-0.15, -0.1) is 0 Å². The Balaban J connectivity index is 2.79. The van der Waals surface area contributed by atoms with Crippen molar-refractivity contribution in [3.63, 3.8) is 0 Å². The van der Waals surface area contributed by atoms with Gasteiger partial charge in [0.1, 0.15) is 0 Å². The summed E-state index contributed by atoms with van der Waals surface area (Å²) in [5.41, 5.74) is 0.539. The van der Waals surface area contributed by atoms with Gasteiger partial charge in [0.2, 0.25) is 10.0 Å². The van der Waals surface area contributed by atoms with Crippen LogP contribution in [0.15, 0.2) is 28.7 Å². The minimum absolute atomic E-state index is 0.134. The number of nitrogens with zero attached hydrogens (tertiary/aromatic N) is 1. The fourth-order valence-electron chi connectivity index (χ4n) is 1.43. The molecule has 8 heteroatoms. The molecule has 106 valence electrons. The quantitative estimate of drug-likeness (QED) is 0.874. The first-order valence-electron chi connectivity index (χ1n) is 5.39. The maximum Gasteiger partial charge on any atom is 0.406 e. The van der Waals surface area contributed by atoms with Crippen LogP contribution < -0.4 is 9.62 Å². The molecule has 0 radical (unpaired) electrons. The second-order valence-corrected chi connectivity index (χ2v) is 6.55. The predicted molar refractivity (Wildman–Crippen MR) is 76.7 cm³/mol. The normalized spacial score (nSPS) is 10.9. The van der Waals surface area contributed by atoms with E-state index in [0.717, 1.165) is 10.7 Å². The van der Waals surface area contributed by atoms with E-state index in [1.165, 1.54) is 11.4 Å². The average Bonchev–Trinajstić information content (AvgIpc) is 2.34. The Morgan fingerprint density at radius 1 is 1.37 bits per heavy atom. The fourth-order valence-corrected chi connectivity index (χ4v) is 2.62. The van der Waals surface area contributed by atoms with Crippen LogP contribution in [0.3, 0.4) is 0 Å². The third kappa shape index (κ3) is 5.07. The first-order chi connectivity index (χ1) is 8.84. The summed E-state index contributed by atoms with van der Waals surface area (Å²) in [7, 11) is -2.16. The molecule has 0 fully saturated rings. The third-order valence-corrected chi connectivity index (χ3v) is 4.01. The molecule has 19 heavy (non-hydrogen) atoms. The van der Waals surface area contributed by atoms with Crippen LogP contribution in [0.1, 0.15) is 0 Å². The van der Waals surface area contributed by atoms with E-state index in [4.69, 9.17) is 0 Å². The lowest BCUT2D eigenvalue weighted by molar-refractivity contribution is 0.171. The maximum absolute atomic E-state index is 11.7. The largest absolute Gasteiger partial charge is 0.453 e. The summed E-state index contributed by atoms with van der Waals surface area (Å²) in [6.07, 6.45) is 0.525. The zero-order valence-corrected chi connectivity index (χ0v) is 13.0. The molecular formula is C11H15BrN2O4S. The number of hydrogen-bond acceptors (Lipinski definition) is 4. The highest BCUT2D eigenvalue weighted by Gasteiger charge is 2.17. The number of methoxy groups -OCH3 is 1. The number of rotatable bonds is 5. The molecule has 0 aliphatic rings. The molecule has 0 aliphatic carbocycles. The molecular weight excluding hydrogens is 336 g/mol. The summed E-state index contributed by atoms with van der Waals surface area (Å²) in [5.74, 6) is 0. The first kappa shape index (κ1) is 15.8. The molecule has 0 aliphatic heterocycles. The number of carbonyl (C=O) groups excluding carboxylic acids is 1. The standard InChI is InChI=1S/C11H15BrN2O4S/c1-18-11(15)13-7-8-14(19(2,16)17)10-5-3-9(12)4-6-10/h3-6H,7-8H2,1-2H3,(H,13,15). The summed E-state index contributed by atoms with van der Waals surface area (Å²) in [5, 5.41) is 2.44. The number of anilines is 1. The molecule has 0 unspecified atom stereocenters. The van der Waals surface area contributed by atoms with Gasteiger partial charge in [-0.05, 0) is 24.3 Å². The number of hydrogen-bond donors (Lipinski definition) is 1. The molecule has 1 N–H and O–H groups in total. The summed E-state index contributed by atoms with van der Waals surface area (Å²) < 4.78 is 30.0. The van der Waals surface area contributed by atoms with E-state index in [0.29, 0.717) is 5.69 Å². The number of amides is 1. The zero-order valence-electron chi connectivity index (χ0n) is 10.6. The molecule has 0 spiro atoms. The van der Waals surface area contributed by atoms with Crippen molar-refractivity contribution >= 4 is 37.7 Å². The van der Waals surface area contributed by atoms with Gasteiger partial charge in [0, 0.05) is 11.0 Å². The number of ether oxygens (including phenoxy) is 1. The highest BCUT2D eigenvalue weighted by atomic mass is 79.9. The third-order valence-electron chi connectivity index (χ3n) is 2.28. The smallest absolute Gasteiger partial charge is 0.406 e. The Morgan fingerprint density at radius 2 is 1.95 bits per heavy atom. The number of sulfonamides is 1. The Hall–Kier alpha value is -1.28. The first-order valence-corrected chi connectivity index (χ1v) is 8.04.